The predicted molar refractivity (Wildman–Crippen MR) is 68.1 cm³/mol. The van der Waals surface area contributed by atoms with Gasteiger partial charge >= 0.3 is 5.69 Å². The Morgan fingerprint density at radius 3 is 2.68 bits per heavy atom. The fourth-order valence-corrected chi connectivity index (χ4v) is 4.00. The average Bonchev–Trinajstić information content (AvgIpc) is 2.63. The molecule has 2 heterocycles. The lowest BCUT2D eigenvalue weighted by molar-refractivity contribution is 0.101. The van der Waals surface area contributed by atoms with E-state index in [4.69, 9.17) is 0 Å². The second-order valence-electron chi connectivity index (χ2n) is 4.61. The molecule has 2 rings (SSSR count). The third kappa shape index (κ3) is 2.53. The second-order valence-corrected chi connectivity index (χ2v) is 7.01. The van der Waals surface area contributed by atoms with Gasteiger partial charge in [-0.25, -0.2) is 13.2 Å². The van der Waals surface area contributed by atoms with E-state index in [1.807, 2.05) is 0 Å². The first-order chi connectivity index (χ1) is 8.83. The van der Waals surface area contributed by atoms with Crippen molar-refractivity contribution in [3.05, 3.63) is 32.6 Å². The van der Waals surface area contributed by atoms with Gasteiger partial charge in [0.1, 0.15) is 0 Å². The summed E-state index contributed by atoms with van der Waals surface area (Å²) in [5.41, 5.74) is -1.58. The Morgan fingerprint density at radius 1 is 1.47 bits per heavy atom. The summed E-state index contributed by atoms with van der Waals surface area (Å²) in [4.78, 5) is 37.1. The number of aromatic amines is 1. The van der Waals surface area contributed by atoms with Gasteiger partial charge in [0.15, 0.2) is 15.6 Å². The molecule has 1 N–H and O–H groups in total. The van der Waals surface area contributed by atoms with Gasteiger partial charge in [-0.1, -0.05) is 0 Å². The third-order valence-corrected chi connectivity index (χ3v) is 5.55. The summed E-state index contributed by atoms with van der Waals surface area (Å²) in [6, 6.07) is 0. The van der Waals surface area contributed by atoms with Crippen LogP contribution in [0.15, 0.2) is 15.8 Å². The highest BCUT2D eigenvalue weighted by molar-refractivity contribution is 7.92. The zero-order valence-electron chi connectivity index (χ0n) is 10.4. The molecule has 0 aliphatic carbocycles. The Bertz CT molecular complexity index is 728. The molecule has 8 heteroatoms. The molecule has 104 valence electrons. The number of carbonyl (C=O) groups excluding carboxylic acids is 1. The van der Waals surface area contributed by atoms with Gasteiger partial charge in [-0.3, -0.25) is 14.2 Å². The van der Waals surface area contributed by atoms with E-state index in [1.165, 1.54) is 6.92 Å². The fraction of sp³-hybridized carbons (Fsp3) is 0.545. The highest BCUT2D eigenvalue weighted by atomic mass is 32.2. The van der Waals surface area contributed by atoms with Crippen molar-refractivity contribution < 1.29 is 13.2 Å². The molecule has 0 bridgehead atoms. The first-order valence-corrected chi connectivity index (χ1v) is 7.59. The monoisotopic (exact) mass is 286 g/mol. The molecule has 19 heavy (non-hydrogen) atoms. The molecular formula is C11H14N2O5S. The van der Waals surface area contributed by atoms with Crippen molar-refractivity contribution in [3.63, 3.8) is 0 Å². The first kappa shape index (κ1) is 13.7. The Balaban J connectivity index is 2.46. The van der Waals surface area contributed by atoms with Crippen LogP contribution in [0, 0.1) is 0 Å². The summed E-state index contributed by atoms with van der Waals surface area (Å²) in [7, 11) is -3.25. The van der Waals surface area contributed by atoms with Crippen LogP contribution in [-0.2, 0) is 16.4 Å². The van der Waals surface area contributed by atoms with Crippen molar-refractivity contribution in [2.24, 2.45) is 0 Å². The van der Waals surface area contributed by atoms with Crippen molar-refractivity contribution in [1.82, 2.24) is 9.55 Å². The molecular weight excluding hydrogens is 272 g/mol. The number of Topliss-reactive ketones (excluding diaryl/α,β-unsaturated/α-hetero) is 1. The van der Waals surface area contributed by atoms with E-state index in [0.717, 1.165) is 10.8 Å². The fourth-order valence-electron chi connectivity index (χ4n) is 2.20. The molecule has 1 aromatic rings. The second kappa shape index (κ2) is 4.76. The number of nitrogens with one attached hydrogen (secondary N) is 1. The van der Waals surface area contributed by atoms with Gasteiger partial charge in [0.05, 0.1) is 16.6 Å². The highest BCUT2D eigenvalue weighted by Gasteiger charge is 2.32. The Hall–Kier alpha value is -1.70. The molecule has 0 aromatic carbocycles. The van der Waals surface area contributed by atoms with Gasteiger partial charge in [0.2, 0.25) is 0 Å². The lowest BCUT2D eigenvalue weighted by Gasteiger charge is -2.11. The van der Waals surface area contributed by atoms with E-state index >= 15 is 0 Å². The quantitative estimate of drug-likeness (QED) is 0.741. The van der Waals surface area contributed by atoms with Crippen LogP contribution < -0.4 is 11.2 Å². The van der Waals surface area contributed by atoms with Crippen LogP contribution in [0.4, 0.5) is 0 Å². The van der Waals surface area contributed by atoms with Crippen molar-refractivity contribution in [2.75, 3.05) is 5.75 Å². The SMILES string of the molecule is CC(=O)c1c[nH]c(=O)n(CC2CCCS2(=O)=O)c1=O. The van der Waals surface area contributed by atoms with Gasteiger partial charge in [0, 0.05) is 12.7 Å². The number of hydrogen-bond donors (Lipinski definition) is 1. The molecule has 1 saturated heterocycles. The van der Waals surface area contributed by atoms with Crippen LogP contribution in [0.2, 0.25) is 0 Å². The highest BCUT2D eigenvalue weighted by Crippen LogP contribution is 2.20. The third-order valence-electron chi connectivity index (χ3n) is 3.29. The largest absolute Gasteiger partial charge is 0.328 e. The average molecular weight is 286 g/mol. The maximum absolute atomic E-state index is 12.0. The Morgan fingerprint density at radius 2 is 2.16 bits per heavy atom. The molecule has 0 amide bonds. The molecule has 1 fully saturated rings. The lowest BCUT2D eigenvalue weighted by atomic mass is 10.2. The molecule has 1 atom stereocenters. The van der Waals surface area contributed by atoms with Crippen molar-refractivity contribution in [3.8, 4) is 0 Å². The van der Waals surface area contributed by atoms with Crippen LogP contribution in [0.5, 0.6) is 0 Å². The topological polar surface area (TPSA) is 106 Å². The summed E-state index contributed by atoms with van der Waals surface area (Å²) in [5.74, 6) is -0.388. The van der Waals surface area contributed by atoms with Gasteiger partial charge < -0.3 is 4.98 Å². The standard InChI is InChI=1S/C11H14N2O5S/c1-7(14)9-5-12-11(16)13(10(9)15)6-8-3-2-4-19(8,17)18/h5,8H,2-4,6H2,1H3,(H,12,16). The molecule has 7 nitrogen and oxygen atoms in total. The van der Waals surface area contributed by atoms with Crippen molar-refractivity contribution >= 4 is 15.6 Å². The number of aromatic nitrogens is 2. The van der Waals surface area contributed by atoms with E-state index in [9.17, 15) is 22.8 Å². The number of ketones is 1. The minimum Gasteiger partial charge on any atom is -0.313 e. The van der Waals surface area contributed by atoms with Crippen molar-refractivity contribution in [2.45, 2.75) is 31.6 Å². The number of nitrogens with zero attached hydrogens (tertiary/aromatic N) is 1. The van der Waals surface area contributed by atoms with Crippen molar-refractivity contribution in [1.29, 1.82) is 0 Å². The normalized spacial score (nSPS) is 21.4. The maximum Gasteiger partial charge on any atom is 0.328 e. The first-order valence-electron chi connectivity index (χ1n) is 5.88. The molecule has 0 radical (unpaired) electrons. The van der Waals surface area contributed by atoms with E-state index in [0.29, 0.717) is 12.8 Å². The van der Waals surface area contributed by atoms with Crippen LogP contribution in [0.1, 0.15) is 30.1 Å². The zero-order valence-corrected chi connectivity index (χ0v) is 11.2. The van der Waals surface area contributed by atoms with Gasteiger partial charge in [0.25, 0.3) is 5.56 Å². The van der Waals surface area contributed by atoms with Gasteiger partial charge in [-0.15, -0.1) is 0 Å². The summed E-state index contributed by atoms with van der Waals surface area (Å²) in [6.45, 7) is 1.02. The van der Waals surface area contributed by atoms with Gasteiger partial charge in [-0.05, 0) is 19.8 Å². The summed E-state index contributed by atoms with van der Waals surface area (Å²) in [5, 5.41) is -0.728. The summed E-state index contributed by atoms with van der Waals surface area (Å²) < 4.78 is 24.2. The van der Waals surface area contributed by atoms with Crippen LogP contribution in [-0.4, -0.2) is 34.8 Å². The molecule has 1 aliphatic heterocycles. The maximum atomic E-state index is 12.0. The van der Waals surface area contributed by atoms with Crippen LogP contribution in [0.3, 0.4) is 0 Å². The number of sulfone groups is 1. The molecule has 1 aromatic heterocycles. The number of rotatable bonds is 3. The smallest absolute Gasteiger partial charge is 0.313 e. The zero-order chi connectivity index (χ0) is 14.2. The molecule has 1 unspecified atom stereocenters. The minimum atomic E-state index is -3.25. The Kier molecular flexibility index (Phi) is 3.44. The van der Waals surface area contributed by atoms with E-state index in [-0.39, 0.29) is 17.9 Å². The van der Waals surface area contributed by atoms with Crippen LogP contribution in [0.25, 0.3) is 0 Å². The van der Waals surface area contributed by atoms with E-state index in [1.54, 1.807) is 0 Å². The number of hydrogen-bond acceptors (Lipinski definition) is 5. The number of carbonyl (C=O) groups is 1. The molecule has 0 spiro atoms. The number of H-pyrrole nitrogens is 1. The minimum absolute atomic E-state index is 0.0801. The van der Waals surface area contributed by atoms with E-state index in [2.05, 4.69) is 4.98 Å². The Labute approximate surface area is 109 Å². The van der Waals surface area contributed by atoms with Gasteiger partial charge in [-0.2, -0.15) is 0 Å². The predicted octanol–water partition coefficient (Wildman–Crippen LogP) is -0.684. The molecule has 1 aliphatic rings. The summed E-state index contributed by atoms with van der Waals surface area (Å²) >= 11 is 0. The van der Waals surface area contributed by atoms with E-state index < -0.39 is 32.1 Å². The molecule has 0 saturated carbocycles. The lowest BCUT2D eigenvalue weighted by Crippen LogP contribution is -2.41. The van der Waals surface area contributed by atoms with Crippen LogP contribution >= 0.6 is 0 Å². The summed E-state index contributed by atoms with van der Waals surface area (Å²) in [6.07, 6.45) is 2.03.